The summed E-state index contributed by atoms with van der Waals surface area (Å²) in [7, 11) is 0. The van der Waals surface area contributed by atoms with Crippen molar-refractivity contribution in [3.63, 3.8) is 0 Å². The molecule has 1 heterocycles. The number of ether oxygens (including phenoxy) is 2. The second-order valence-corrected chi connectivity index (χ2v) is 21.8. The highest BCUT2D eigenvalue weighted by molar-refractivity contribution is 5.76. The zero-order chi connectivity index (χ0) is 55.0. The van der Waals surface area contributed by atoms with E-state index in [2.05, 4.69) is 104 Å². The van der Waals surface area contributed by atoms with Gasteiger partial charge in [0.05, 0.1) is 25.4 Å². The van der Waals surface area contributed by atoms with E-state index in [4.69, 9.17) is 9.47 Å². The lowest BCUT2D eigenvalue weighted by Gasteiger charge is -2.40. The molecule has 1 aliphatic rings. The minimum Gasteiger partial charge on any atom is -0.394 e. The highest BCUT2D eigenvalue weighted by Gasteiger charge is 2.44. The standard InChI is InChI=1S/C67H119NO8/c1-3-5-7-9-11-13-15-17-19-21-23-25-27-28-29-30-31-32-33-35-36-38-40-42-44-46-48-50-52-54-56-61(70)60(59-75-67-66(74)65(73)64(72)62(58-69)76-67)68-63(71)57-55-53-51-49-47-45-43-41-39-37-34-26-24-22-20-18-16-14-12-10-8-6-4-2/h6,8,12,14,18,20,24,26,37,39,43,45,49,51,60-62,64-67,69-70,72-74H,3-5,7,9-11,13,15-17,19,21-23,25,27-36,38,40-42,44,46-48,50,52-59H2,1-2H3,(H,68,71)/b8-6-,14-12-,20-18-,26-24-,39-37-,45-43-,51-49-. The summed E-state index contributed by atoms with van der Waals surface area (Å²) in [5.41, 5.74) is 0. The summed E-state index contributed by atoms with van der Waals surface area (Å²) in [5, 5.41) is 54.8. The number of carbonyl (C=O) groups excluding carboxylic acids is 1. The molecule has 1 saturated heterocycles. The molecule has 0 spiro atoms. The molecule has 6 N–H and O–H groups in total. The smallest absolute Gasteiger partial charge is 0.220 e. The number of amides is 1. The molecule has 1 rings (SSSR count). The molecule has 440 valence electrons. The number of hydrogen-bond acceptors (Lipinski definition) is 8. The van der Waals surface area contributed by atoms with Crippen LogP contribution >= 0.6 is 0 Å². The Hall–Kier alpha value is -2.63. The van der Waals surface area contributed by atoms with Crippen molar-refractivity contribution in [1.29, 1.82) is 0 Å². The van der Waals surface area contributed by atoms with Crippen LogP contribution < -0.4 is 5.32 Å². The Morgan fingerprint density at radius 1 is 0.461 bits per heavy atom. The number of rotatable bonds is 54. The number of unbranched alkanes of at least 4 members (excludes halogenated alkanes) is 30. The highest BCUT2D eigenvalue weighted by atomic mass is 16.7. The van der Waals surface area contributed by atoms with Crippen molar-refractivity contribution >= 4 is 5.91 Å². The van der Waals surface area contributed by atoms with E-state index in [-0.39, 0.29) is 18.9 Å². The van der Waals surface area contributed by atoms with Crippen molar-refractivity contribution in [2.24, 2.45) is 0 Å². The third-order valence-corrected chi connectivity index (χ3v) is 14.8. The van der Waals surface area contributed by atoms with Crippen molar-refractivity contribution in [3.05, 3.63) is 85.1 Å². The van der Waals surface area contributed by atoms with E-state index >= 15 is 0 Å². The van der Waals surface area contributed by atoms with E-state index in [1.807, 2.05) is 0 Å². The van der Waals surface area contributed by atoms with Crippen LogP contribution in [-0.4, -0.2) is 87.5 Å². The molecule has 0 aromatic rings. The van der Waals surface area contributed by atoms with Crippen LogP contribution in [0.3, 0.4) is 0 Å². The van der Waals surface area contributed by atoms with Crippen molar-refractivity contribution in [1.82, 2.24) is 5.32 Å². The molecule has 0 bridgehead atoms. The Bertz CT molecular complexity index is 1470. The molecule has 0 aromatic heterocycles. The van der Waals surface area contributed by atoms with Crippen LogP contribution in [-0.2, 0) is 14.3 Å². The maximum absolute atomic E-state index is 13.1. The molecule has 1 aliphatic heterocycles. The van der Waals surface area contributed by atoms with Crippen molar-refractivity contribution in [2.45, 2.75) is 320 Å². The highest BCUT2D eigenvalue weighted by Crippen LogP contribution is 2.23. The molecule has 7 unspecified atom stereocenters. The summed E-state index contributed by atoms with van der Waals surface area (Å²) in [5.74, 6) is -0.201. The molecule has 1 fully saturated rings. The summed E-state index contributed by atoms with van der Waals surface area (Å²) in [4.78, 5) is 13.1. The van der Waals surface area contributed by atoms with Gasteiger partial charge in [0, 0.05) is 6.42 Å². The number of aliphatic hydroxyl groups excluding tert-OH is 5. The van der Waals surface area contributed by atoms with Gasteiger partial charge < -0.3 is 40.3 Å². The number of allylic oxidation sites excluding steroid dienone is 14. The molecule has 76 heavy (non-hydrogen) atoms. The summed E-state index contributed by atoms with van der Waals surface area (Å²) in [6, 6.07) is -0.757. The zero-order valence-corrected chi connectivity index (χ0v) is 49.0. The summed E-state index contributed by atoms with van der Waals surface area (Å²) in [6.07, 6.45) is 72.1. The maximum Gasteiger partial charge on any atom is 0.220 e. The second-order valence-electron chi connectivity index (χ2n) is 21.8. The Morgan fingerprint density at radius 2 is 0.803 bits per heavy atom. The second kappa shape index (κ2) is 55.7. The molecular weight excluding hydrogens is 947 g/mol. The molecular formula is C67H119NO8. The third kappa shape index (κ3) is 44.2. The van der Waals surface area contributed by atoms with Gasteiger partial charge in [-0.1, -0.05) is 292 Å². The van der Waals surface area contributed by atoms with E-state index < -0.39 is 49.5 Å². The third-order valence-electron chi connectivity index (χ3n) is 14.8. The lowest BCUT2D eigenvalue weighted by atomic mass is 9.99. The van der Waals surface area contributed by atoms with Gasteiger partial charge in [-0.2, -0.15) is 0 Å². The average Bonchev–Trinajstić information content (AvgIpc) is 3.42. The Kier molecular flexibility index (Phi) is 52.3. The normalized spacial score (nSPS) is 19.4. The SMILES string of the molecule is CC/C=C\C/C=C\C/C=C\C/C=C\C/C=C\C/C=C\C/C=C\CCCC(=O)NC(COC1OC(CO)C(O)C(O)C1O)C(O)CCCCCCCCCCCCCCCCCCCCCCCCCCCCCCCC. The Balaban J connectivity index is 2.20. The van der Waals surface area contributed by atoms with Crippen LogP contribution in [0.15, 0.2) is 85.1 Å². The van der Waals surface area contributed by atoms with Gasteiger partial charge in [0.25, 0.3) is 0 Å². The molecule has 0 aromatic carbocycles. The fraction of sp³-hybridized carbons (Fsp3) is 0.776. The van der Waals surface area contributed by atoms with Gasteiger partial charge in [0.1, 0.15) is 24.4 Å². The molecule has 9 heteroatoms. The van der Waals surface area contributed by atoms with Crippen LogP contribution in [0.4, 0.5) is 0 Å². The topological polar surface area (TPSA) is 149 Å². The number of hydrogen-bond donors (Lipinski definition) is 6. The molecule has 0 saturated carbocycles. The Labute approximate surface area is 467 Å². The van der Waals surface area contributed by atoms with Crippen LogP contribution in [0, 0.1) is 0 Å². The zero-order valence-electron chi connectivity index (χ0n) is 49.0. The first-order valence-electron chi connectivity index (χ1n) is 31.8. The van der Waals surface area contributed by atoms with E-state index in [9.17, 15) is 30.3 Å². The van der Waals surface area contributed by atoms with Crippen molar-refractivity contribution in [3.8, 4) is 0 Å². The lowest BCUT2D eigenvalue weighted by molar-refractivity contribution is -0.302. The summed E-state index contributed by atoms with van der Waals surface area (Å²) < 4.78 is 11.3. The molecule has 0 aliphatic carbocycles. The minimum atomic E-state index is -1.57. The van der Waals surface area contributed by atoms with E-state index in [0.717, 1.165) is 70.6 Å². The molecule has 9 nitrogen and oxygen atoms in total. The van der Waals surface area contributed by atoms with Gasteiger partial charge in [0.2, 0.25) is 5.91 Å². The molecule has 7 atom stereocenters. The maximum atomic E-state index is 13.1. The Morgan fingerprint density at radius 3 is 1.16 bits per heavy atom. The number of carbonyl (C=O) groups is 1. The predicted octanol–water partition coefficient (Wildman–Crippen LogP) is 16.6. The van der Waals surface area contributed by atoms with E-state index in [0.29, 0.717) is 12.8 Å². The fourth-order valence-electron chi connectivity index (χ4n) is 9.80. The van der Waals surface area contributed by atoms with Crippen molar-refractivity contribution in [2.75, 3.05) is 13.2 Å². The number of aliphatic hydroxyl groups is 5. The van der Waals surface area contributed by atoms with Gasteiger partial charge in [-0.15, -0.1) is 0 Å². The van der Waals surface area contributed by atoms with E-state index in [1.165, 1.54) is 173 Å². The van der Waals surface area contributed by atoms with Crippen LogP contribution in [0.25, 0.3) is 0 Å². The lowest BCUT2D eigenvalue weighted by Crippen LogP contribution is -2.60. The fourth-order valence-corrected chi connectivity index (χ4v) is 9.80. The van der Waals surface area contributed by atoms with Gasteiger partial charge in [-0.3, -0.25) is 4.79 Å². The first-order chi connectivity index (χ1) is 37.3. The largest absolute Gasteiger partial charge is 0.394 e. The van der Waals surface area contributed by atoms with Gasteiger partial charge >= 0.3 is 0 Å². The minimum absolute atomic E-state index is 0.166. The summed E-state index contributed by atoms with van der Waals surface area (Å²) in [6.45, 7) is 3.71. The monoisotopic (exact) mass is 1070 g/mol. The molecule has 1 amide bonds. The van der Waals surface area contributed by atoms with Gasteiger partial charge in [-0.05, 0) is 64.2 Å². The first kappa shape index (κ1) is 71.4. The van der Waals surface area contributed by atoms with Gasteiger partial charge in [0.15, 0.2) is 6.29 Å². The quantitative estimate of drug-likeness (QED) is 0.0261. The first-order valence-corrected chi connectivity index (χ1v) is 31.8. The molecule has 0 radical (unpaired) electrons. The number of nitrogens with one attached hydrogen (secondary N) is 1. The van der Waals surface area contributed by atoms with E-state index in [1.54, 1.807) is 0 Å². The average molecular weight is 1070 g/mol. The van der Waals surface area contributed by atoms with Crippen molar-refractivity contribution < 1.29 is 39.8 Å². The predicted molar refractivity (Wildman–Crippen MR) is 322 cm³/mol. The summed E-state index contributed by atoms with van der Waals surface area (Å²) >= 11 is 0. The van der Waals surface area contributed by atoms with Crippen LogP contribution in [0.1, 0.15) is 277 Å². The van der Waals surface area contributed by atoms with Crippen LogP contribution in [0.5, 0.6) is 0 Å². The van der Waals surface area contributed by atoms with Gasteiger partial charge in [-0.25, -0.2) is 0 Å². The van der Waals surface area contributed by atoms with Crippen LogP contribution in [0.2, 0.25) is 0 Å².